The first-order chi connectivity index (χ1) is 25.8. The first-order valence-electron chi connectivity index (χ1n) is 17.6. The number of amides is 5. The number of nitrogens with one attached hydrogen (secondary N) is 1. The van der Waals surface area contributed by atoms with E-state index in [9.17, 15) is 33.2 Å². The summed E-state index contributed by atoms with van der Waals surface area (Å²) in [7, 11) is 0. The summed E-state index contributed by atoms with van der Waals surface area (Å²) in [5.41, 5.74) is -1.77. The summed E-state index contributed by atoms with van der Waals surface area (Å²) < 4.78 is 42.2. The maximum absolute atomic E-state index is 14.9. The van der Waals surface area contributed by atoms with Crippen LogP contribution in [-0.4, -0.2) is 109 Å². The van der Waals surface area contributed by atoms with E-state index in [1.165, 1.54) is 46.3 Å². The van der Waals surface area contributed by atoms with Crippen molar-refractivity contribution in [3.05, 3.63) is 60.0 Å². The number of fused-ring (bicyclic) bond motifs is 1. The molecule has 55 heavy (non-hydrogen) atoms. The number of pyridine rings is 1. The number of morpholine rings is 2. The third-order valence-electron chi connectivity index (χ3n) is 8.11. The standard InChI is InChI=1S/C38H44FN5O11/c1-22(45)53-29(30-34(48)43(16-19-52-30)25-9-11-28(39)27(21-25)33(47)42-14-17-51-18-15-42)32(46)41-24-8-10-26-23(20-24)12-13-40-31(26)44(35(49)54-37(2,3)4)36(50)55-38(5,6)7/h8-13,20-21,29-30H,14-19H2,1-7H3,(H,41,46)/t29-,30-/m1/s1. The molecule has 1 aromatic heterocycles. The monoisotopic (exact) mass is 765 g/mol. The Morgan fingerprint density at radius 1 is 0.909 bits per heavy atom. The van der Waals surface area contributed by atoms with Crippen molar-refractivity contribution >= 4 is 63.8 Å². The molecule has 294 valence electrons. The summed E-state index contributed by atoms with van der Waals surface area (Å²) in [6.07, 6.45) is -4.05. The molecule has 2 saturated heterocycles. The zero-order valence-corrected chi connectivity index (χ0v) is 31.7. The molecule has 2 atom stereocenters. The van der Waals surface area contributed by atoms with Crippen LogP contribution in [-0.2, 0) is 38.1 Å². The predicted octanol–water partition coefficient (Wildman–Crippen LogP) is 4.83. The van der Waals surface area contributed by atoms with Gasteiger partial charge in [0.25, 0.3) is 17.7 Å². The third kappa shape index (κ3) is 9.90. The van der Waals surface area contributed by atoms with Crippen LogP contribution in [0.3, 0.4) is 0 Å². The minimum absolute atomic E-state index is 0.00517. The summed E-state index contributed by atoms with van der Waals surface area (Å²) in [5.74, 6) is -3.95. The molecule has 0 aliphatic carbocycles. The highest BCUT2D eigenvalue weighted by molar-refractivity contribution is 6.14. The number of aromatic nitrogens is 1. The summed E-state index contributed by atoms with van der Waals surface area (Å²) in [5, 5.41) is 3.39. The first kappa shape index (κ1) is 40.5. The molecular formula is C38H44FN5O11. The number of anilines is 3. The van der Waals surface area contributed by atoms with E-state index < -0.39 is 65.1 Å². The van der Waals surface area contributed by atoms with Gasteiger partial charge in [-0.3, -0.25) is 19.2 Å². The van der Waals surface area contributed by atoms with E-state index >= 15 is 0 Å². The maximum atomic E-state index is 14.9. The first-order valence-corrected chi connectivity index (χ1v) is 17.6. The highest BCUT2D eigenvalue weighted by Crippen LogP contribution is 2.31. The second-order valence-electron chi connectivity index (χ2n) is 14.7. The number of imide groups is 1. The SMILES string of the molecule is CC(=O)O[C@@H](C(=O)Nc1ccc2c(N(C(=O)OC(C)(C)C)C(=O)OC(C)(C)C)nccc2c1)[C@H]1OCCN(c2ccc(F)c(C(=O)N3CCOCC3)c2)C1=O. The quantitative estimate of drug-likeness (QED) is 0.256. The highest BCUT2D eigenvalue weighted by atomic mass is 19.1. The topological polar surface area (TPSA) is 183 Å². The number of carbonyl (C=O) groups is 6. The molecule has 2 aliphatic rings. The second kappa shape index (κ2) is 16.4. The number of hydrogen-bond donors (Lipinski definition) is 1. The van der Waals surface area contributed by atoms with Crippen molar-refractivity contribution < 1.29 is 56.8 Å². The summed E-state index contributed by atoms with van der Waals surface area (Å²) in [4.78, 5) is 87.3. The molecule has 3 heterocycles. The van der Waals surface area contributed by atoms with E-state index in [1.807, 2.05) is 0 Å². The lowest BCUT2D eigenvalue weighted by Crippen LogP contribution is -2.56. The summed E-state index contributed by atoms with van der Waals surface area (Å²) in [6.45, 7) is 12.1. The Bertz CT molecular complexity index is 1960. The molecule has 3 aromatic rings. The minimum atomic E-state index is -1.76. The maximum Gasteiger partial charge on any atom is 0.425 e. The highest BCUT2D eigenvalue weighted by Gasteiger charge is 2.43. The number of nitrogens with zero attached hydrogens (tertiary/aromatic N) is 4. The largest absolute Gasteiger partial charge is 0.449 e. The number of halogens is 1. The average Bonchev–Trinajstić information content (AvgIpc) is 3.09. The van der Waals surface area contributed by atoms with Crippen LogP contribution in [0.2, 0.25) is 0 Å². The van der Waals surface area contributed by atoms with Gasteiger partial charge in [0.2, 0.25) is 6.10 Å². The zero-order valence-electron chi connectivity index (χ0n) is 31.7. The molecule has 2 aromatic carbocycles. The minimum Gasteiger partial charge on any atom is -0.449 e. The van der Waals surface area contributed by atoms with Crippen molar-refractivity contribution in [2.75, 3.05) is 54.6 Å². The molecule has 16 nitrogen and oxygen atoms in total. The van der Waals surface area contributed by atoms with Crippen molar-refractivity contribution in [1.82, 2.24) is 9.88 Å². The van der Waals surface area contributed by atoms with Gasteiger partial charge in [-0.25, -0.2) is 19.0 Å². The lowest BCUT2D eigenvalue weighted by Gasteiger charge is -2.35. The van der Waals surface area contributed by atoms with Crippen LogP contribution in [0.15, 0.2) is 48.7 Å². The molecule has 5 rings (SSSR count). The van der Waals surface area contributed by atoms with Crippen LogP contribution in [0.5, 0.6) is 0 Å². The molecule has 0 bridgehead atoms. The van der Waals surface area contributed by atoms with Gasteiger partial charge in [-0.1, -0.05) is 0 Å². The molecule has 5 amide bonds. The van der Waals surface area contributed by atoms with Crippen LogP contribution < -0.4 is 15.1 Å². The smallest absolute Gasteiger partial charge is 0.425 e. The molecular weight excluding hydrogens is 721 g/mol. The summed E-state index contributed by atoms with van der Waals surface area (Å²) >= 11 is 0. The van der Waals surface area contributed by atoms with E-state index in [2.05, 4.69) is 10.3 Å². The van der Waals surface area contributed by atoms with Crippen molar-refractivity contribution in [2.45, 2.75) is 71.9 Å². The number of esters is 1. The third-order valence-corrected chi connectivity index (χ3v) is 8.11. The number of benzene rings is 2. The van der Waals surface area contributed by atoms with Crippen molar-refractivity contribution in [3.8, 4) is 0 Å². The molecule has 0 radical (unpaired) electrons. The van der Waals surface area contributed by atoms with Crippen LogP contribution in [0.4, 0.5) is 31.2 Å². The Labute approximate surface area is 316 Å². The lowest BCUT2D eigenvalue weighted by molar-refractivity contribution is -0.167. The van der Waals surface area contributed by atoms with Crippen molar-refractivity contribution in [3.63, 3.8) is 0 Å². The van der Waals surface area contributed by atoms with E-state index in [4.69, 9.17) is 23.7 Å². The fraction of sp³-hybridized carbons (Fsp3) is 0.447. The fourth-order valence-electron chi connectivity index (χ4n) is 5.79. The molecule has 2 fully saturated rings. The van der Waals surface area contributed by atoms with Gasteiger partial charge in [0.15, 0.2) is 11.9 Å². The van der Waals surface area contributed by atoms with Gasteiger partial charge in [-0.15, -0.1) is 0 Å². The predicted molar refractivity (Wildman–Crippen MR) is 196 cm³/mol. The Morgan fingerprint density at radius 2 is 1.56 bits per heavy atom. The van der Waals surface area contributed by atoms with Gasteiger partial charge in [0, 0.05) is 49.5 Å². The van der Waals surface area contributed by atoms with Crippen LogP contribution in [0.1, 0.15) is 58.8 Å². The Kier molecular flexibility index (Phi) is 12.0. The van der Waals surface area contributed by atoms with E-state index in [1.54, 1.807) is 47.6 Å². The van der Waals surface area contributed by atoms with Gasteiger partial charge in [0.05, 0.1) is 25.4 Å². The van der Waals surface area contributed by atoms with E-state index in [0.29, 0.717) is 28.9 Å². The molecule has 0 saturated carbocycles. The number of rotatable bonds is 7. The molecule has 0 spiro atoms. The van der Waals surface area contributed by atoms with Gasteiger partial charge in [-0.2, -0.15) is 4.90 Å². The van der Waals surface area contributed by atoms with Gasteiger partial charge in [-0.05, 0) is 89.4 Å². The normalized spacial score (nSPS) is 16.9. The van der Waals surface area contributed by atoms with Crippen LogP contribution in [0, 0.1) is 5.82 Å². The second-order valence-corrected chi connectivity index (χ2v) is 14.7. The average molecular weight is 766 g/mol. The lowest BCUT2D eigenvalue weighted by atomic mass is 10.1. The molecule has 2 aliphatic heterocycles. The summed E-state index contributed by atoms with van der Waals surface area (Å²) in [6, 6.07) is 9.73. The number of ether oxygens (including phenoxy) is 5. The molecule has 17 heteroatoms. The van der Waals surface area contributed by atoms with Crippen LogP contribution in [0.25, 0.3) is 10.8 Å². The Hall–Kier alpha value is -5.68. The van der Waals surface area contributed by atoms with Crippen molar-refractivity contribution in [2.24, 2.45) is 0 Å². The van der Waals surface area contributed by atoms with Crippen LogP contribution >= 0.6 is 0 Å². The van der Waals surface area contributed by atoms with E-state index in [-0.39, 0.29) is 49.0 Å². The Balaban J connectivity index is 1.40. The zero-order chi connectivity index (χ0) is 40.2. The van der Waals surface area contributed by atoms with E-state index in [0.717, 1.165) is 13.0 Å². The molecule has 1 N–H and O–H groups in total. The number of carbonyl (C=O) groups excluding carboxylic acids is 6. The van der Waals surface area contributed by atoms with Gasteiger partial charge in [0.1, 0.15) is 17.0 Å². The van der Waals surface area contributed by atoms with Crippen molar-refractivity contribution in [1.29, 1.82) is 0 Å². The number of hydrogen-bond acceptors (Lipinski definition) is 12. The Morgan fingerprint density at radius 3 is 2.18 bits per heavy atom. The van der Waals surface area contributed by atoms with Gasteiger partial charge >= 0.3 is 18.2 Å². The van der Waals surface area contributed by atoms with Gasteiger partial charge < -0.3 is 38.8 Å². The fourth-order valence-corrected chi connectivity index (χ4v) is 5.79. The molecule has 0 unspecified atom stereocenters.